The van der Waals surface area contributed by atoms with E-state index in [1.165, 1.54) is 29.6 Å². The number of nitrogens with one attached hydrogen (secondary N) is 2. The second-order valence-electron chi connectivity index (χ2n) is 7.67. The van der Waals surface area contributed by atoms with Crippen molar-refractivity contribution in [2.24, 2.45) is 0 Å². The molecule has 1 amide bonds. The highest BCUT2D eigenvalue weighted by molar-refractivity contribution is 7.93. The number of H-pyrrole nitrogens is 1. The van der Waals surface area contributed by atoms with Crippen molar-refractivity contribution in [3.8, 4) is 22.9 Å². The van der Waals surface area contributed by atoms with Crippen molar-refractivity contribution in [3.63, 3.8) is 0 Å². The number of anilines is 2. The van der Waals surface area contributed by atoms with Crippen LogP contribution >= 0.6 is 11.6 Å². The van der Waals surface area contributed by atoms with Crippen LogP contribution in [0.1, 0.15) is 10.4 Å². The zero-order valence-electron chi connectivity index (χ0n) is 18.8. The monoisotopic (exact) mass is 526 g/mol. The number of aromatic nitrogens is 4. The molecule has 0 aliphatic carbocycles. The fourth-order valence-electron chi connectivity index (χ4n) is 3.75. The number of fused-ring (bicyclic) bond motifs is 1. The molecule has 0 saturated carbocycles. The number of carbonyl (C=O) groups excluding carboxylic acids is 1. The normalized spacial score (nSPS) is 13.0. The number of rotatable bonds is 6. The summed E-state index contributed by atoms with van der Waals surface area (Å²) in [6, 6.07) is 15.9. The lowest BCUT2D eigenvalue weighted by Crippen LogP contribution is -2.38. The molecule has 0 radical (unpaired) electrons. The van der Waals surface area contributed by atoms with Gasteiger partial charge in [0.1, 0.15) is 23.0 Å². The van der Waals surface area contributed by atoms with Crippen LogP contribution in [0.4, 0.5) is 11.4 Å². The third-order valence-electron chi connectivity index (χ3n) is 5.48. The molecule has 0 fully saturated rings. The lowest BCUT2D eigenvalue weighted by atomic mass is 10.1. The molecule has 5 rings (SSSR count). The molecule has 0 spiro atoms. The summed E-state index contributed by atoms with van der Waals surface area (Å²) in [7, 11) is -2.69. The van der Waals surface area contributed by atoms with Gasteiger partial charge in [-0.2, -0.15) is 5.21 Å². The number of ether oxygens (including phenoxy) is 2. The Bertz CT molecular complexity index is 1530. The highest BCUT2D eigenvalue weighted by Gasteiger charge is 2.33. The van der Waals surface area contributed by atoms with Crippen LogP contribution < -0.4 is 19.1 Å². The van der Waals surface area contributed by atoms with Gasteiger partial charge in [-0.1, -0.05) is 11.6 Å². The molecule has 0 atom stereocenters. The maximum absolute atomic E-state index is 13.6. The number of carbonyl (C=O) groups is 1. The highest BCUT2D eigenvalue weighted by Crippen LogP contribution is 2.38. The van der Waals surface area contributed by atoms with Crippen LogP contribution in [-0.4, -0.2) is 55.2 Å². The van der Waals surface area contributed by atoms with Crippen molar-refractivity contribution >= 4 is 38.9 Å². The van der Waals surface area contributed by atoms with Crippen LogP contribution in [0, 0.1) is 0 Å². The Morgan fingerprint density at radius 3 is 2.67 bits per heavy atom. The van der Waals surface area contributed by atoms with Crippen LogP contribution in [-0.2, 0) is 10.0 Å². The van der Waals surface area contributed by atoms with E-state index in [1.54, 1.807) is 42.5 Å². The number of hydrogen-bond donors (Lipinski definition) is 2. The molecule has 0 saturated heterocycles. The first kappa shape index (κ1) is 23.6. The van der Waals surface area contributed by atoms with Gasteiger partial charge in [-0.25, -0.2) is 8.42 Å². The first-order valence-corrected chi connectivity index (χ1v) is 12.5. The van der Waals surface area contributed by atoms with E-state index in [0.29, 0.717) is 17.3 Å². The fourth-order valence-corrected chi connectivity index (χ4v) is 5.62. The van der Waals surface area contributed by atoms with Gasteiger partial charge in [0, 0.05) is 21.8 Å². The Morgan fingerprint density at radius 1 is 1.14 bits per heavy atom. The van der Waals surface area contributed by atoms with E-state index in [2.05, 4.69) is 25.9 Å². The van der Waals surface area contributed by atoms with Gasteiger partial charge in [0.25, 0.3) is 15.9 Å². The van der Waals surface area contributed by atoms with Crippen LogP contribution in [0.5, 0.6) is 11.5 Å². The van der Waals surface area contributed by atoms with Gasteiger partial charge in [-0.3, -0.25) is 9.10 Å². The summed E-state index contributed by atoms with van der Waals surface area (Å²) in [5, 5.41) is 16.8. The van der Waals surface area contributed by atoms with Crippen LogP contribution in [0.25, 0.3) is 11.4 Å². The second-order valence-corrected chi connectivity index (χ2v) is 9.94. The van der Waals surface area contributed by atoms with E-state index >= 15 is 0 Å². The van der Waals surface area contributed by atoms with E-state index in [4.69, 9.17) is 21.1 Å². The van der Waals surface area contributed by atoms with Crippen molar-refractivity contribution in [1.29, 1.82) is 0 Å². The van der Waals surface area contributed by atoms with Gasteiger partial charge < -0.3 is 14.8 Å². The van der Waals surface area contributed by atoms with Crippen LogP contribution in [0.2, 0.25) is 5.02 Å². The Labute approximate surface area is 211 Å². The van der Waals surface area contributed by atoms with Gasteiger partial charge in [0.2, 0.25) is 5.82 Å². The number of hydrogen-bond acceptors (Lipinski definition) is 8. The number of sulfonamides is 1. The highest BCUT2D eigenvalue weighted by atomic mass is 35.5. The Morgan fingerprint density at radius 2 is 1.94 bits per heavy atom. The summed E-state index contributed by atoms with van der Waals surface area (Å²) in [6.45, 7) is 0.195. The van der Waals surface area contributed by atoms with Gasteiger partial charge in [-0.05, 0) is 65.9 Å². The Balaban J connectivity index is 1.43. The molecule has 1 aliphatic heterocycles. The smallest absolute Gasteiger partial charge is 0.268 e. The second kappa shape index (κ2) is 9.47. The lowest BCUT2D eigenvalue weighted by molar-refractivity contribution is 0.102. The summed E-state index contributed by atoms with van der Waals surface area (Å²) in [4.78, 5) is 12.9. The van der Waals surface area contributed by atoms with Crippen molar-refractivity contribution in [2.75, 3.05) is 29.9 Å². The maximum atomic E-state index is 13.6. The van der Waals surface area contributed by atoms with Crippen molar-refractivity contribution in [2.45, 2.75) is 4.90 Å². The molecule has 2 N–H and O–H groups in total. The minimum absolute atomic E-state index is 0.0492. The van der Waals surface area contributed by atoms with Gasteiger partial charge in [-0.15, -0.1) is 10.2 Å². The molecular formula is C23H19ClN6O5S. The van der Waals surface area contributed by atoms with Gasteiger partial charge in [0.05, 0.1) is 19.3 Å². The number of nitrogens with zero attached hydrogens (tertiary/aromatic N) is 4. The van der Waals surface area contributed by atoms with E-state index in [1.807, 2.05) is 0 Å². The van der Waals surface area contributed by atoms with Crippen molar-refractivity contribution in [3.05, 3.63) is 71.2 Å². The van der Waals surface area contributed by atoms with E-state index in [9.17, 15) is 13.2 Å². The lowest BCUT2D eigenvalue weighted by Gasteiger charge is -2.31. The summed E-state index contributed by atoms with van der Waals surface area (Å²) in [5.41, 5.74) is 1.75. The minimum atomic E-state index is -4.08. The zero-order valence-corrected chi connectivity index (χ0v) is 20.4. The minimum Gasteiger partial charge on any atom is -0.495 e. The standard InChI is InChI=1S/C23H19ClN6O5S/c1-34-20-9-5-16(24)13-21(20)36(32,33)30-10-11-35-19-8-4-15(12-18(19)30)23(31)25-17-6-2-14(3-7-17)22-26-28-29-27-22/h2-9,12-13H,10-11H2,1H3,(H,25,31)(H,26,27,28,29). The van der Waals surface area contributed by atoms with E-state index in [0.717, 1.165) is 5.56 Å². The molecule has 2 heterocycles. The molecule has 11 nitrogen and oxygen atoms in total. The van der Waals surface area contributed by atoms with E-state index < -0.39 is 15.9 Å². The molecule has 3 aromatic carbocycles. The molecule has 13 heteroatoms. The first-order chi connectivity index (χ1) is 17.4. The topological polar surface area (TPSA) is 139 Å². The predicted octanol–water partition coefficient (Wildman–Crippen LogP) is 3.37. The number of amides is 1. The summed E-state index contributed by atoms with van der Waals surface area (Å²) < 4.78 is 39.3. The zero-order chi connectivity index (χ0) is 25.3. The number of methoxy groups -OCH3 is 1. The maximum Gasteiger partial charge on any atom is 0.268 e. The third kappa shape index (κ3) is 4.43. The third-order valence-corrected chi connectivity index (χ3v) is 7.55. The Hall–Kier alpha value is -4.16. The van der Waals surface area contributed by atoms with Gasteiger partial charge in [0.15, 0.2) is 0 Å². The van der Waals surface area contributed by atoms with E-state index in [-0.39, 0.29) is 40.1 Å². The number of tetrazole rings is 1. The summed E-state index contributed by atoms with van der Waals surface area (Å²) >= 11 is 6.07. The summed E-state index contributed by atoms with van der Waals surface area (Å²) in [6.07, 6.45) is 0. The predicted molar refractivity (Wildman–Crippen MR) is 132 cm³/mol. The van der Waals surface area contributed by atoms with Crippen LogP contribution in [0.3, 0.4) is 0 Å². The molecule has 1 aliphatic rings. The quantitative estimate of drug-likeness (QED) is 0.390. The molecular weight excluding hydrogens is 508 g/mol. The molecule has 36 heavy (non-hydrogen) atoms. The first-order valence-electron chi connectivity index (χ1n) is 10.7. The Kier molecular flexibility index (Phi) is 6.20. The molecule has 0 unspecified atom stereocenters. The average molecular weight is 527 g/mol. The number of benzene rings is 3. The molecule has 184 valence electrons. The summed E-state index contributed by atoms with van der Waals surface area (Å²) in [5.74, 6) is 0.506. The van der Waals surface area contributed by atoms with Gasteiger partial charge >= 0.3 is 0 Å². The van der Waals surface area contributed by atoms with Crippen molar-refractivity contribution in [1.82, 2.24) is 20.6 Å². The number of halogens is 1. The number of aromatic amines is 1. The fraction of sp³-hybridized carbons (Fsp3) is 0.130. The SMILES string of the molecule is COc1ccc(Cl)cc1S(=O)(=O)N1CCOc2ccc(C(=O)Nc3ccc(-c4nn[nH]n4)cc3)cc21. The van der Waals surface area contributed by atoms with Crippen molar-refractivity contribution < 1.29 is 22.7 Å². The molecule has 1 aromatic heterocycles. The largest absolute Gasteiger partial charge is 0.495 e. The average Bonchev–Trinajstić information content (AvgIpc) is 3.43. The molecule has 0 bridgehead atoms. The van der Waals surface area contributed by atoms with Crippen LogP contribution in [0.15, 0.2) is 65.6 Å². The molecule has 4 aromatic rings.